The number of rotatable bonds is 11. The molecule has 1 amide bonds. The molecule has 10 heteroatoms. The van der Waals surface area contributed by atoms with E-state index in [1.165, 1.54) is 0 Å². The van der Waals surface area contributed by atoms with Gasteiger partial charge < -0.3 is 14.4 Å². The van der Waals surface area contributed by atoms with Crippen LogP contribution in [0.5, 0.6) is 5.75 Å². The van der Waals surface area contributed by atoms with Crippen molar-refractivity contribution in [2.45, 2.75) is 51.4 Å². The van der Waals surface area contributed by atoms with Crippen molar-refractivity contribution >= 4 is 28.9 Å². The first-order valence-electron chi connectivity index (χ1n) is 13.4. The number of amides is 1. The van der Waals surface area contributed by atoms with Gasteiger partial charge in [-0.1, -0.05) is 30.3 Å². The maximum Gasteiger partial charge on any atom is 0.426 e. The van der Waals surface area contributed by atoms with Crippen LogP contribution in [-0.2, 0) is 33.5 Å². The Balaban J connectivity index is 1.22. The van der Waals surface area contributed by atoms with Gasteiger partial charge >= 0.3 is 12.1 Å². The molecule has 0 spiro atoms. The van der Waals surface area contributed by atoms with Gasteiger partial charge in [0.15, 0.2) is 0 Å². The fourth-order valence-electron chi connectivity index (χ4n) is 4.99. The molecule has 0 bridgehead atoms. The molecule has 1 aliphatic carbocycles. The number of nitrogens with zero attached hydrogens (tertiary/aromatic N) is 2. The summed E-state index contributed by atoms with van der Waals surface area (Å²) < 4.78 is 52.1. The molecular formula is C30H31F3N2O4S. The Morgan fingerprint density at radius 1 is 1.10 bits per heavy atom. The van der Waals surface area contributed by atoms with E-state index in [0.717, 1.165) is 24.1 Å². The zero-order chi connectivity index (χ0) is 28.3. The number of ether oxygens (including phenoxy) is 2. The lowest BCUT2D eigenvalue weighted by atomic mass is 10.1. The van der Waals surface area contributed by atoms with E-state index in [1.54, 1.807) is 54.3 Å². The molecule has 2 heterocycles. The monoisotopic (exact) mass is 572 g/mol. The van der Waals surface area contributed by atoms with Crippen LogP contribution in [0.2, 0.25) is 0 Å². The highest BCUT2D eigenvalue weighted by Gasteiger charge is 2.36. The molecule has 1 saturated carbocycles. The van der Waals surface area contributed by atoms with E-state index in [4.69, 9.17) is 9.47 Å². The van der Waals surface area contributed by atoms with Crippen LogP contribution in [-0.4, -0.2) is 49.1 Å². The first-order chi connectivity index (χ1) is 19.2. The minimum atomic E-state index is -4.45. The third kappa shape index (κ3) is 6.67. The first-order valence-corrected chi connectivity index (χ1v) is 14.3. The highest BCUT2D eigenvalue weighted by atomic mass is 32.1. The summed E-state index contributed by atoms with van der Waals surface area (Å²) in [5.74, 6) is 0.272. The smallest absolute Gasteiger partial charge is 0.426 e. The molecule has 6 nitrogen and oxygen atoms in total. The lowest BCUT2D eigenvalue weighted by molar-refractivity contribution is -0.143. The fraction of sp³-hybridized carbons (Fsp3) is 0.400. The van der Waals surface area contributed by atoms with E-state index in [-0.39, 0.29) is 37.0 Å². The molecule has 2 aliphatic rings. The number of hydrogen-bond donors (Lipinski definition) is 0. The normalized spacial score (nSPS) is 14.9. The number of thiophene rings is 1. The molecule has 3 aromatic rings. The standard InChI is InChI=1S/C30H31F3N2O4S/c1-2-38-28(37)13-14-34(22-8-9-22)18-27(36)35-15-12-21-16-23(10-11-26(21)35)39-19-24-17-25(20-6-4-3-5-7-20)29(40-24)30(31,32)33/h3-7,10-11,16-17,22H,2,8-9,12-15,18-19H2,1H3. The van der Waals surface area contributed by atoms with Gasteiger partial charge in [-0.3, -0.25) is 14.5 Å². The summed E-state index contributed by atoms with van der Waals surface area (Å²) in [7, 11) is 0. The third-order valence-electron chi connectivity index (χ3n) is 7.06. The topological polar surface area (TPSA) is 59.1 Å². The molecule has 0 saturated heterocycles. The highest BCUT2D eigenvalue weighted by molar-refractivity contribution is 7.12. The van der Waals surface area contributed by atoms with Crippen molar-refractivity contribution in [3.05, 3.63) is 69.9 Å². The van der Waals surface area contributed by atoms with Crippen LogP contribution in [0.1, 0.15) is 41.5 Å². The van der Waals surface area contributed by atoms with E-state index < -0.39 is 11.1 Å². The summed E-state index contributed by atoms with van der Waals surface area (Å²) in [4.78, 5) is 28.7. The van der Waals surface area contributed by atoms with E-state index in [9.17, 15) is 22.8 Å². The predicted molar refractivity (Wildman–Crippen MR) is 147 cm³/mol. The second kappa shape index (κ2) is 12.0. The molecule has 1 aromatic heterocycles. The minimum absolute atomic E-state index is 0.0127. The molecule has 1 fully saturated rings. The minimum Gasteiger partial charge on any atom is -0.488 e. The van der Waals surface area contributed by atoms with E-state index in [1.807, 2.05) is 12.1 Å². The molecule has 0 atom stereocenters. The SMILES string of the molecule is CCOC(=O)CCN(CC(=O)N1CCc2cc(OCc3cc(-c4ccccc4)c(C(F)(F)F)s3)ccc21)C1CC1. The molecule has 1 aliphatic heterocycles. The Kier molecular flexibility index (Phi) is 8.46. The van der Waals surface area contributed by atoms with Crippen LogP contribution in [0.3, 0.4) is 0 Å². The van der Waals surface area contributed by atoms with Crippen molar-refractivity contribution in [3.63, 3.8) is 0 Å². The van der Waals surface area contributed by atoms with Gasteiger partial charge in [0, 0.05) is 35.3 Å². The largest absolute Gasteiger partial charge is 0.488 e. The molecule has 40 heavy (non-hydrogen) atoms. The summed E-state index contributed by atoms with van der Waals surface area (Å²) in [6.07, 6.45) is -1.48. The number of alkyl halides is 3. The quantitative estimate of drug-likeness (QED) is 0.252. The van der Waals surface area contributed by atoms with Crippen molar-refractivity contribution in [3.8, 4) is 16.9 Å². The van der Waals surface area contributed by atoms with Crippen molar-refractivity contribution in [1.29, 1.82) is 0 Å². The number of hydrogen-bond acceptors (Lipinski definition) is 6. The number of carbonyl (C=O) groups excluding carboxylic acids is 2. The molecule has 5 rings (SSSR count). The van der Waals surface area contributed by atoms with Gasteiger partial charge in [-0.15, -0.1) is 11.3 Å². The molecular weight excluding hydrogens is 541 g/mol. The lowest BCUT2D eigenvalue weighted by Crippen LogP contribution is -2.41. The van der Waals surface area contributed by atoms with Crippen LogP contribution in [0.15, 0.2) is 54.6 Å². The van der Waals surface area contributed by atoms with Crippen LogP contribution < -0.4 is 9.64 Å². The maximum atomic E-state index is 13.7. The Labute approximate surface area is 235 Å². The first kappa shape index (κ1) is 28.2. The number of fused-ring (bicyclic) bond motifs is 1. The average molecular weight is 573 g/mol. The molecule has 0 radical (unpaired) electrons. The second-order valence-corrected chi connectivity index (χ2v) is 11.1. The molecule has 2 aromatic carbocycles. The van der Waals surface area contributed by atoms with Gasteiger partial charge in [0.05, 0.1) is 19.6 Å². The third-order valence-corrected chi connectivity index (χ3v) is 8.22. The van der Waals surface area contributed by atoms with Gasteiger partial charge in [-0.25, -0.2) is 0 Å². The van der Waals surface area contributed by atoms with Crippen LogP contribution in [0, 0.1) is 0 Å². The van der Waals surface area contributed by atoms with Crippen LogP contribution >= 0.6 is 11.3 Å². The number of anilines is 1. The van der Waals surface area contributed by atoms with Gasteiger partial charge in [0.1, 0.15) is 17.2 Å². The van der Waals surface area contributed by atoms with Gasteiger partial charge in [-0.05, 0) is 61.6 Å². The Morgan fingerprint density at radius 3 is 2.58 bits per heavy atom. The van der Waals surface area contributed by atoms with E-state index in [2.05, 4.69) is 4.90 Å². The van der Waals surface area contributed by atoms with Crippen molar-refractivity contribution < 1.29 is 32.2 Å². The highest BCUT2D eigenvalue weighted by Crippen LogP contribution is 2.43. The molecule has 212 valence electrons. The average Bonchev–Trinajstić information content (AvgIpc) is 3.53. The van der Waals surface area contributed by atoms with Crippen molar-refractivity contribution in [1.82, 2.24) is 4.90 Å². The number of esters is 1. The Bertz CT molecular complexity index is 1350. The number of carbonyl (C=O) groups is 2. The van der Waals surface area contributed by atoms with Crippen molar-refractivity contribution in [2.24, 2.45) is 0 Å². The van der Waals surface area contributed by atoms with Crippen LogP contribution in [0.4, 0.5) is 18.9 Å². The predicted octanol–water partition coefficient (Wildman–Crippen LogP) is 6.32. The lowest BCUT2D eigenvalue weighted by Gasteiger charge is -2.25. The summed E-state index contributed by atoms with van der Waals surface area (Å²) in [6.45, 7) is 3.41. The van der Waals surface area contributed by atoms with Gasteiger partial charge in [0.2, 0.25) is 5.91 Å². The zero-order valence-corrected chi connectivity index (χ0v) is 23.0. The second-order valence-electron chi connectivity index (χ2n) is 9.95. The van der Waals surface area contributed by atoms with Crippen molar-refractivity contribution in [2.75, 3.05) is 31.1 Å². The van der Waals surface area contributed by atoms with Gasteiger partial charge in [0.25, 0.3) is 0 Å². The number of halogens is 3. The van der Waals surface area contributed by atoms with Crippen LogP contribution in [0.25, 0.3) is 11.1 Å². The van der Waals surface area contributed by atoms with E-state index in [0.29, 0.717) is 59.7 Å². The maximum absolute atomic E-state index is 13.7. The number of benzene rings is 2. The Morgan fingerprint density at radius 2 is 1.88 bits per heavy atom. The van der Waals surface area contributed by atoms with Gasteiger partial charge in [-0.2, -0.15) is 13.2 Å². The summed E-state index contributed by atoms with van der Waals surface area (Å²) in [6, 6.07) is 15.9. The molecule has 0 unspecified atom stereocenters. The Hall–Kier alpha value is -3.37. The summed E-state index contributed by atoms with van der Waals surface area (Å²) in [5.41, 5.74) is 2.45. The summed E-state index contributed by atoms with van der Waals surface area (Å²) >= 11 is 0.695. The van der Waals surface area contributed by atoms with E-state index >= 15 is 0 Å². The summed E-state index contributed by atoms with van der Waals surface area (Å²) in [5, 5.41) is 0. The molecule has 0 N–H and O–H groups in total. The zero-order valence-electron chi connectivity index (χ0n) is 22.2. The fourth-order valence-corrected chi connectivity index (χ4v) is 5.95.